The van der Waals surface area contributed by atoms with E-state index in [0.717, 1.165) is 5.56 Å². The van der Waals surface area contributed by atoms with Gasteiger partial charge in [0.25, 0.3) is 5.91 Å². The second-order valence-corrected chi connectivity index (χ2v) is 8.73. The van der Waals surface area contributed by atoms with Crippen LogP contribution in [-0.2, 0) is 19.6 Å². The van der Waals surface area contributed by atoms with Crippen LogP contribution in [0.3, 0.4) is 0 Å². The number of nitrogen functional groups attached to an aromatic ring is 1. The molecule has 2 aromatic carbocycles. The second-order valence-electron chi connectivity index (χ2n) is 6.80. The first kappa shape index (κ1) is 20.8. The number of ether oxygens (including phenoxy) is 1. The molecule has 154 valence electrons. The smallest absolute Gasteiger partial charge is 0.338 e. The van der Waals surface area contributed by atoms with Crippen molar-refractivity contribution in [3.05, 3.63) is 59.7 Å². The monoisotopic (exact) mass is 417 g/mol. The highest BCUT2D eigenvalue weighted by Crippen LogP contribution is 2.18. The summed E-state index contributed by atoms with van der Waals surface area (Å²) in [7, 11) is -3.59. The lowest BCUT2D eigenvalue weighted by molar-refractivity contribution is -0.135. The Kier molecular flexibility index (Phi) is 6.19. The van der Waals surface area contributed by atoms with Gasteiger partial charge in [0.05, 0.1) is 10.5 Å². The molecule has 8 nitrogen and oxygen atoms in total. The molecular formula is C20H23N3O5S. The molecule has 0 radical (unpaired) electrons. The largest absolute Gasteiger partial charge is 0.452 e. The van der Waals surface area contributed by atoms with E-state index in [1.54, 1.807) is 36.4 Å². The van der Waals surface area contributed by atoms with Crippen LogP contribution in [0.25, 0.3) is 0 Å². The molecule has 2 aromatic rings. The maximum atomic E-state index is 12.7. The molecule has 0 aromatic heterocycles. The van der Waals surface area contributed by atoms with Crippen molar-refractivity contribution in [1.29, 1.82) is 0 Å². The van der Waals surface area contributed by atoms with E-state index in [1.165, 1.54) is 21.3 Å². The van der Waals surface area contributed by atoms with Gasteiger partial charge < -0.3 is 15.4 Å². The van der Waals surface area contributed by atoms with Crippen LogP contribution in [0.5, 0.6) is 0 Å². The number of anilines is 1. The number of carbonyl (C=O) groups is 2. The Morgan fingerprint density at radius 3 is 2.14 bits per heavy atom. The molecule has 0 aliphatic carbocycles. The highest BCUT2D eigenvalue weighted by Gasteiger charge is 2.30. The lowest BCUT2D eigenvalue weighted by atomic mass is 10.2. The first-order chi connectivity index (χ1) is 13.8. The van der Waals surface area contributed by atoms with E-state index in [-0.39, 0.29) is 37.0 Å². The predicted octanol–water partition coefficient (Wildman–Crippen LogP) is 1.27. The van der Waals surface area contributed by atoms with Crippen LogP contribution in [0.1, 0.15) is 15.9 Å². The zero-order valence-electron chi connectivity index (χ0n) is 16.1. The SMILES string of the molecule is Cc1ccc(S(=O)(=O)N2CCN(C(=O)COC(=O)c3ccc(N)cc3)CC2)cc1. The van der Waals surface area contributed by atoms with Gasteiger partial charge in [-0.15, -0.1) is 0 Å². The molecule has 1 aliphatic rings. The van der Waals surface area contributed by atoms with Crippen LogP contribution in [0.15, 0.2) is 53.4 Å². The van der Waals surface area contributed by atoms with Gasteiger partial charge >= 0.3 is 5.97 Å². The Morgan fingerprint density at radius 1 is 0.966 bits per heavy atom. The number of piperazine rings is 1. The molecule has 9 heteroatoms. The summed E-state index contributed by atoms with van der Waals surface area (Å²) in [5, 5.41) is 0. The Balaban J connectivity index is 1.52. The minimum Gasteiger partial charge on any atom is -0.452 e. The molecule has 3 rings (SSSR count). The molecule has 0 atom stereocenters. The van der Waals surface area contributed by atoms with Crippen molar-refractivity contribution < 1.29 is 22.7 Å². The molecule has 1 heterocycles. The zero-order valence-corrected chi connectivity index (χ0v) is 16.9. The number of carbonyl (C=O) groups excluding carboxylic acids is 2. The molecule has 0 unspecified atom stereocenters. The number of nitrogens with zero attached hydrogens (tertiary/aromatic N) is 2. The number of hydrogen-bond acceptors (Lipinski definition) is 6. The van der Waals surface area contributed by atoms with Crippen molar-refractivity contribution in [3.63, 3.8) is 0 Å². The number of esters is 1. The van der Waals surface area contributed by atoms with Crippen LogP contribution in [0.2, 0.25) is 0 Å². The van der Waals surface area contributed by atoms with E-state index in [0.29, 0.717) is 11.3 Å². The molecule has 0 bridgehead atoms. The summed E-state index contributed by atoms with van der Waals surface area (Å²) >= 11 is 0. The fourth-order valence-corrected chi connectivity index (χ4v) is 4.38. The van der Waals surface area contributed by atoms with Gasteiger partial charge in [0.1, 0.15) is 0 Å². The normalized spacial score (nSPS) is 15.1. The van der Waals surface area contributed by atoms with Gasteiger partial charge in [-0.2, -0.15) is 4.31 Å². The van der Waals surface area contributed by atoms with Crippen molar-refractivity contribution in [1.82, 2.24) is 9.21 Å². The minimum absolute atomic E-state index is 0.188. The lowest BCUT2D eigenvalue weighted by Gasteiger charge is -2.33. The summed E-state index contributed by atoms with van der Waals surface area (Å²) in [4.78, 5) is 26.0. The van der Waals surface area contributed by atoms with Gasteiger partial charge in [-0.1, -0.05) is 17.7 Å². The Labute approximate surface area is 169 Å². The molecule has 1 aliphatic heterocycles. The molecule has 1 amide bonds. The summed E-state index contributed by atoms with van der Waals surface area (Å²) in [5.41, 5.74) is 7.38. The Hall–Kier alpha value is -2.91. The number of amides is 1. The average Bonchev–Trinajstić information content (AvgIpc) is 2.72. The first-order valence-electron chi connectivity index (χ1n) is 9.14. The van der Waals surface area contributed by atoms with E-state index in [9.17, 15) is 18.0 Å². The molecule has 1 saturated heterocycles. The number of benzene rings is 2. The molecule has 0 spiro atoms. The van der Waals surface area contributed by atoms with Crippen LogP contribution < -0.4 is 5.73 Å². The number of nitrogens with two attached hydrogens (primary N) is 1. The third-order valence-electron chi connectivity index (χ3n) is 4.72. The van der Waals surface area contributed by atoms with E-state index in [1.807, 2.05) is 6.92 Å². The summed E-state index contributed by atoms with van der Waals surface area (Å²) in [5.74, 6) is -0.972. The van der Waals surface area contributed by atoms with E-state index in [4.69, 9.17) is 10.5 Å². The third kappa shape index (κ3) is 4.93. The fraction of sp³-hybridized carbons (Fsp3) is 0.300. The van der Waals surface area contributed by atoms with Crippen molar-refractivity contribution in [2.45, 2.75) is 11.8 Å². The van der Waals surface area contributed by atoms with Gasteiger partial charge in [0.2, 0.25) is 10.0 Å². The van der Waals surface area contributed by atoms with Crippen molar-refractivity contribution in [2.24, 2.45) is 0 Å². The van der Waals surface area contributed by atoms with E-state index >= 15 is 0 Å². The fourth-order valence-electron chi connectivity index (χ4n) is 2.96. The molecular weight excluding hydrogens is 394 g/mol. The Morgan fingerprint density at radius 2 is 1.55 bits per heavy atom. The second kappa shape index (κ2) is 8.62. The molecule has 2 N–H and O–H groups in total. The van der Waals surface area contributed by atoms with Gasteiger partial charge in [-0.05, 0) is 43.3 Å². The van der Waals surface area contributed by atoms with Gasteiger partial charge in [0, 0.05) is 31.9 Å². The van der Waals surface area contributed by atoms with Crippen LogP contribution >= 0.6 is 0 Å². The van der Waals surface area contributed by atoms with Crippen LogP contribution in [0.4, 0.5) is 5.69 Å². The number of sulfonamides is 1. The van der Waals surface area contributed by atoms with Crippen molar-refractivity contribution in [3.8, 4) is 0 Å². The summed E-state index contributed by atoms with van der Waals surface area (Å²) in [6.07, 6.45) is 0. The lowest BCUT2D eigenvalue weighted by Crippen LogP contribution is -2.51. The number of hydrogen-bond donors (Lipinski definition) is 1. The van der Waals surface area contributed by atoms with E-state index < -0.39 is 22.6 Å². The van der Waals surface area contributed by atoms with E-state index in [2.05, 4.69) is 0 Å². The maximum Gasteiger partial charge on any atom is 0.338 e. The Bertz CT molecular complexity index is 980. The van der Waals surface area contributed by atoms with Gasteiger partial charge in [-0.3, -0.25) is 4.79 Å². The summed E-state index contributed by atoms with van der Waals surface area (Å²) in [6, 6.07) is 12.9. The maximum absolute atomic E-state index is 12.7. The molecule has 29 heavy (non-hydrogen) atoms. The van der Waals surface area contributed by atoms with Crippen LogP contribution in [-0.4, -0.2) is 62.3 Å². The highest BCUT2D eigenvalue weighted by molar-refractivity contribution is 7.89. The van der Waals surface area contributed by atoms with Crippen LogP contribution in [0, 0.1) is 6.92 Å². The summed E-state index contributed by atoms with van der Waals surface area (Å²) in [6.45, 7) is 2.35. The molecule has 0 saturated carbocycles. The summed E-state index contributed by atoms with van der Waals surface area (Å²) < 4.78 is 31.8. The first-order valence-corrected chi connectivity index (χ1v) is 10.6. The average molecular weight is 417 g/mol. The van der Waals surface area contributed by atoms with Crippen molar-refractivity contribution in [2.75, 3.05) is 38.5 Å². The highest BCUT2D eigenvalue weighted by atomic mass is 32.2. The number of rotatable bonds is 5. The topological polar surface area (TPSA) is 110 Å². The third-order valence-corrected chi connectivity index (χ3v) is 6.64. The quantitative estimate of drug-likeness (QED) is 0.579. The molecule has 1 fully saturated rings. The number of aryl methyl sites for hydroxylation is 1. The van der Waals surface area contributed by atoms with Crippen molar-refractivity contribution >= 4 is 27.6 Å². The zero-order chi connectivity index (χ0) is 21.0. The minimum atomic E-state index is -3.59. The standard InChI is InChI=1S/C20H23N3O5S/c1-15-2-8-18(9-3-15)29(26,27)23-12-10-22(11-13-23)19(24)14-28-20(25)16-4-6-17(21)7-5-16/h2-9H,10-14,21H2,1H3. The predicted molar refractivity (Wildman–Crippen MR) is 108 cm³/mol. The van der Waals surface area contributed by atoms with Gasteiger partial charge in [-0.25, -0.2) is 13.2 Å². The van der Waals surface area contributed by atoms with Gasteiger partial charge in [0.15, 0.2) is 6.61 Å².